The van der Waals surface area contributed by atoms with E-state index in [4.69, 9.17) is 9.47 Å². The fraction of sp³-hybridized carbons (Fsp3) is 0.188. The summed E-state index contributed by atoms with van der Waals surface area (Å²) in [5, 5.41) is 2.90. The largest absolute Gasteiger partial charge is 0.486 e. The maximum atomic E-state index is 12.4. The van der Waals surface area contributed by atoms with E-state index in [0.29, 0.717) is 36.0 Å². The van der Waals surface area contributed by atoms with Crippen LogP contribution in [-0.4, -0.2) is 19.1 Å². The molecule has 2 aromatic rings. The Hall–Kier alpha value is -2.01. The van der Waals surface area contributed by atoms with Gasteiger partial charge in [0.1, 0.15) is 13.2 Å². The summed E-state index contributed by atoms with van der Waals surface area (Å²) in [7, 11) is 0. The monoisotopic (exact) mass is 347 g/mol. The summed E-state index contributed by atoms with van der Waals surface area (Å²) in [6.45, 7) is 2.96. The Morgan fingerprint density at radius 2 is 1.81 bits per heavy atom. The molecule has 21 heavy (non-hydrogen) atoms. The van der Waals surface area contributed by atoms with E-state index in [1.54, 1.807) is 12.1 Å². The van der Waals surface area contributed by atoms with E-state index in [9.17, 15) is 4.79 Å². The van der Waals surface area contributed by atoms with Gasteiger partial charge in [-0.3, -0.25) is 4.79 Å². The third kappa shape index (κ3) is 2.88. The second kappa shape index (κ2) is 5.77. The number of benzene rings is 2. The lowest BCUT2D eigenvalue weighted by atomic mass is 10.1. The lowest BCUT2D eigenvalue weighted by Gasteiger charge is -2.20. The Kier molecular flexibility index (Phi) is 3.84. The number of rotatable bonds is 2. The van der Waals surface area contributed by atoms with E-state index >= 15 is 0 Å². The van der Waals surface area contributed by atoms with Crippen molar-refractivity contribution in [1.29, 1.82) is 0 Å². The van der Waals surface area contributed by atoms with Crippen molar-refractivity contribution < 1.29 is 14.3 Å². The van der Waals surface area contributed by atoms with E-state index in [1.807, 2.05) is 31.2 Å². The van der Waals surface area contributed by atoms with Crippen LogP contribution in [0.25, 0.3) is 0 Å². The van der Waals surface area contributed by atoms with Gasteiger partial charge in [-0.2, -0.15) is 0 Å². The number of amides is 1. The maximum absolute atomic E-state index is 12.4. The average Bonchev–Trinajstić information content (AvgIpc) is 2.48. The topological polar surface area (TPSA) is 47.6 Å². The van der Waals surface area contributed by atoms with Gasteiger partial charge in [-0.1, -0.05) is 18.2 Å². The Morgan fingerprint density at radius 3 is 2.52 bits per heavy atom. The molecule has 3 rings (SSSR count). The minimum Gasteiger partial charge on any atom is -0.486 e. The van der Waals surface area contributed by atoms with Crippen LogP contribution in [0.5, 0.6) is 11.5 Å². The molecule has 4 nitrogen and oxygen atoms in total. The molecule has 1 aliphatic heterocycles. The van der Waals surface area contributed by atoms with Crippen LogP contribution in [0.2, 0.25) is 0 Å². The van der Waals surface area contributed by atoms with Crippen LogP contribution in [-0.2, 0) is 0 Å². The van der Waals surface area contributed by atoms with Crippen LogP contribution in [0.15, 0.2) is 40.9 Å². The predicted molar refractivity (Wildman–Crippen MR) is 84.3 cm³/mol. The molecule has 0 unspecified atom stereocenters. The molecule has 108 valence electrons. The van der Waals surface area contributed by atoms with Crippen molar-refractivity contribution in [2.24, 2.45) is 0 Å². The van der Waals surface area contributed by atoms with Gasteiger partial charge in [0.25, 0.3) is 5.91 Å². The van der Waals surface area contributed by atoms with Crippen molar-refractivity contribution >= 4 is 27.5 Å². The van der Waals surface area contributed by atoms with E-state index in [-0.39, 0.29) is 5.91 Å². The first kappa shape index (κ1) is 13.9. The highest BCUT2D eigenvalue weighted by molar-refractivity contribution is 9.10. The van der Waals surface area contributed by atoms with Crippen LogP contribution >= 0.6 is 15.9 Å². The first-order valence-corrected chi connectivity index (χ1v) is 7.40. The van der Waals surface area contributed by atoms with E-state index in [0.717, 1.165) is 10.0 Å². The summed E-state index contributed by atoms with van der Waals surface area (Å²) in [5.74, 6) is 1.18. The van der Waals surface area contributed by atoms with E-state index < -0.39 is 0 Å². The molecular weight excluding hydrogens is 334 g/mol. The molecule has 0 radical (unpaired) electrons. The highest BCUT2D eigenvalue weighted by Crippen LogP contribution is 2.38. The Morgan fingerprint density at radius 1 is 1.14 bits per heavy atom. The fourth-order valence-electron chi connectivity index (χ4n) is 2.18. The number of nitrogens with one attached hydrogen (secondary N) is 1. The number of carbonyl (C=O) groups is 1. The SMILES string of the molecule is Cc1ccccc1C(=O)Nc1cc2c(cc1Br)OCCO2. The Bertz CT molecular complexity index is 700. The van der Waals surface area contributed by atoms with Crippen LogP contribution in [0.4, 0.5) is 5.69 Å². The molecule has 5 heteroatoms. The predicted octanol–water partition coefficient (Wildman–Crippen LogP) is 3.78. The molecule has 1 heterocycles. The van der Waals surface area contributed by atoms with Crippen molar-refractivity contribution in [3.05, 3.63) is 52.0 Å². The number of fused-ring (bicyclic) bond motifs is 1. The first-order valence-electron chi connectivity index (χ1n) is 6.61. The van der Waals surface area contributed by atoms with Gasteiger partial charge in [0.2, 0.25) is 0 Å². The normalized spacial score (nSPS) is 12.9. The molecule has 0 fully saturated rings. The molecular formula is C16H14BrNO3. The van der Waals surface area contributed by atoms with Crippen molar-refractivity contribution in [2.45, 2.75) is 6.92 Å². The zero-order valence-corrected chi connectivity index (χ0v) is 13.1. The summed E-state index contributed by atoms with van der Waals surface area (Å²) >= 11 is 3.44. The quantitative estimate of drug-likeness (QED) is 0.899. The number of ether oxygens (including phenoxy) is 2. The molecule has 0 bridgehead atoms. The van der Waals surface area contributed by atoms with Gasteiger partial charge < -0.3 is 14.8 Å². The van der Waals surface area contributed by atoms with Gasteiger partial charge in [-0.25, -0.2) is 0 Å². The molecule has 0 spiro atoms. The number of carbonyl (C=O) groups excluding carboxylic acids is 1. The standard InChI is InChI=1S/C16H14BrNO3/c1-10-4-2-3-5-11(10)16(19)18-13-9-15-14(8-12(13)17)20-6-7-21-15/h2-5,8-9H,6-7H2,1H3,(H,18,19). The summed E-state index contributed by atoms with van der Waals surface area (Å²) in [5.41, 5.74) is 2.25. The first-order chi connectivity index (χ1) is 10.1. The van der Waals surface area contributed by atoms with E-state index in [1.165, 1.54) is 0 Å². The van der Waals surface area contributed by atoms with Crippen molar-refractivity contribution in [3.8, 4) is 11.5 Å². The smallest absolute Gasteiger partial charge is 0.255 e. The number of anilines is 1. The molecule has 1 N–H and O–H groups in total. The summed E-state index contributed by atoms with van der Waals surface area (Å²) < 4.78 is 11.8. The Labute approximate surface area is 131 Å². The van der Waals surface area contributed by atoms with Crippen molar-refractivity contribution in [1.82, 2.24) is 0 Å². The van der Waals surface area contributed by atoms with Gasteiger partial charge in [0, 0.05) is 22.2 Å². The lowest BCUT2D eigenvalue weighted by Crippen LogP contribution is -2.17. The second-order valence-corrected chi connectivity index (χ2v) is 5.60. The van der Waals surface area contributed by atoms with Crippen LogP contribution in [0, 0.1) is 6.92 Å². The molecule has 1 amide bonds. The van der Waals surface area contributed by atoms with Crippen molar-refractivity contribution in [2.75, 3.05) is 18.5 Å². The molecule has 1 aliphatic rings. The van der Waals surface area contributed by atoms with Gasteiger partial charge in [0.05, 0.1) is 5.69 Å². The number of hydrogen-bond donors (Lipinski definition) is 1. The zero-order chi connectivity index (χ0) is 14.8. The Balaban J connectivity index is 1.88. The summed E-state index contributed by atoms with van der Waals surface area (Å²) in [4.78, 5) is 12.4. The van der Waals surface area contributed by atoms with Gasteiger partial charge >= 0.3 is 0 Å². The van der Waals surface area contributed by atoms with Crippen LogP contribution in [0.1, 0.15) is 15.9 Å². The molecule has 0 atom stereocenters. The molecule has 0 saturated carbocycles. The highest BCUT2D eigenvalue weighted by atomic mass is 79.9. The van der Waals surface area contributed by atoms with Crippen LogP contribution < -0.4 is 14.8 Å². The number of aryl methyl sites for hydroxylation is 1. The molecule has 0 aliphatic carbocycles. The molecule has 0 saturated heterocycles. The van der Waals surface area contributed by atoms with Crippen LogP contribution in [0.3, 0.4) is 0 Å². The molecule has 0 aromatic heterocycles. The number of halogens is 1. The minimum absolute atomic E-state index is 0.148. The second-order valence-electron chi connectivity index (χ2n) is 4.74. The minimum atomic E-state index is -0.148. The maximum Gasteiger partial charge on any atom is 0.255 e. The lowest BCUT2D eigenvalue weighted by molar-refractivity contribution is 0.102. The van der Waals surface area contributed by atoms with Crippen molar-refractivity contribution in [3.63, 3.8) is 0 Å². The van der Waals surface area contributed by atoms with Gasteiger partial charge in [-0.15, -0.1) is 0 Å². The van der Waals surface area contributed by atoms with Gasteiger partial charge in [-0.05, 0) is 34.5 Å². The average molecular weight is 348 g/mol. The fourth-order valence-corrected chi connectivity index (χ4v) is 2.60. The zero-order valence-electron chi connectivity index (χ0n) is 11.5. The van der Waals surface area contributed by atoms with E-state index in [2.05, 4.69) is 21.2 Å². The third-order valence-electron chi connectivity index (χ3n) is 3.27. The summed E-state index contributed by atoms with van der Waals surface area (Å²) in [6.07, 6.45) is 0. The highest BCUT2D eigenvalue weighted by Gasteiger charge is 2.17. The molecule has 2 aromatic carbocycles. The number of hydrogen-bond acceptors (Lipinski definition) is 3. The van der Waals surface area contributed by atoms with Gasteiger partial charge in [0.15, 0.2) is 11.5 Å². The third-order valence-corrected chi connectivity index (χ3v) is 3.93. The summed E-state index contributed by atoms with van der Waals surface area (Å²) in [6, 6.07) is 11.0.